The van der Waals surface area contributed by atoms with Crippen LogP contribution in [0.25, 0.3) is 6.08 Å². The lowest BCUT2D eigenvalue weighted by Crippen LogP contribution is -2.24. The smallest absolute Gasteiger partial charge is 0.337 e. The standard InChI is InChI=1S/C20H18O6/c1-25-18-10-8-15(11-16(18)12-19(22)23)17(21)9-5-13-3-6-14(7-4-13)20(24)26-2/h3-11H,12H2,1-2H3,(H,22,23)/p-1/b9-5+. The molecule has 2 rings (SSSR count). The van der Waals surface area contributed by atoms with E-state index in [1.165, 1.54) is 26.4 Å². The highest BCUT2D eigenvalue weighted by Crippen LogP contribution is 2.21. The lowest BCUT2D eigenvalue weighted by atomic mass is 10.0. The first-order valence-electron chi connectivity index (χ1n) is 7.72. The van der Waals surface area contributed by atoms with Gasteiger partial charge in [-0.1, -0.05) is 18.2 Å². The fourth-order valence-electron chi connectivity index (χ4n) is 2.34. The number of aliphatic carboxylic acids is 1. The maximum atomic E-state index is 12.3. The Hall–Kier alpha value is -3.41. The predicted molar refractivity (Wildman–Crippen MR) is 92.9 cm³/mol. The highest BCUT2D eigenvalue weighted by Gasteiger charge is 2.09. The third kappa shape index (κ3) is 4.80. The van der Waals surface area contributed by atoms with Crippen molar-refractivity contribution in [3.63, 3.8) is 0 Å². The van der Waals surface area contributed by atoms with Crippen molar-refractivity contribution in [1.82, 2.24) is 0 Å². The van der Waals surface area contributed by atoms with E-state index in [-0.39, 0.29) is 12.2 Å². The van der Waals surface area contributed by atoms with Gasteiger partial charge in [0.15, 0.2) is 5.78 Å². The monoisotopic (exact) mass is 353 g/mol. The van der Waals surface area contributed by atoms with Gasteiger partial charge in [-0.25, -0.2) is 4.79 Å². The number of benzene rings is 2. The van der Waals surface area contributed by atoms with Crippen LogP contribution in [-0.4, -0.2) is 31.9 Å². The summed E-state index contributed by atoms with van der Waals surface area (Å²) in [7, 11) is 2.73. The number of carboxylic acids is 1. The van der Waals surface area contributed by atoms with Crippen LogP contribution in [0.15, 0.2) is 48.5 Å². The molecule has 0 fully saturated rings. The van der Waals surface area contributed by atoms with Gasteiger partial charge >= 0.3 is 5.97 Å². The number of rotatable bonds is 7. The second-order valence-corrected chi connectivity index (χ2v) is 5.39. The molecule has 6 nitrogen and oxygen atoms in total. The molecule has 0 aliphatic carbocycles. The predicted octanol–water partition coefficient (Wildman–Crippen LogP) is 1.67. The van der Waals surface area contributed by atoms with Crippen molar-refractivity contribution >= 4 is 23.8 Å². The van der Waals surface area contributed by atoms with Crippen LogP contribution in [0.3, 0.4) is 0 Å². The fourth-order valence-corrected chi connectivity index (χ4v) is 2.34. The molecular formula is C20H17O6-. The molecule has 0 radical (unpaired) electrons. The maximum Gasteiger partial charge on any atom is 0.337 e. The Bertz CT molecular complexity index is 849. The molecule has 2 aromatic rings. The van der Waals surface area contributed by atoms with Crippen LogP contribution in [0.2, 0.25) is 0 Å². The minimum absolute atomic E-state index is 0.288. The molecule has 2 aromatic carbocycles. The summed E-state index contributed by atoms with van der Waals surface area (Å²) in [4.78, 5) is 34.5. The van der Waals surface area contributed by atoms with Gasteiger partial charge in [0, 0.05) is 23.5 Å². The molecule has 0 atom stereocenters. The van der Waals surface area contributed by atoms with E-state index in [9.17, 15) is 19.5 Å². The van der Waals surface area contributed by atoms with Crippen LogP contribution < -0.4 is 9.84 Å². The van der Waals surface area contributed by atoms with Crippen LogP contribution in [0.4, 0.5) is 0 Å². The quantitative estimate of drug-likeness (QED) is 0.427. The van der Waals surface area contributed by atoms with E-state index in [1.54, 1.807) is 42.5 Å². The highest BCUT2D eigenvalue weighted by atomic mass is 16.5. The Kier molecular flexibility index (Phi) is 6.27. The molecule has 0 amide bonds. The summed E-state index contributed by atoms with van der Waals surface area (Å²) >= 11 is 0. The average molecular weight is 353 g/mol. The van der Waals surface area contributed by atoms with E-state index < -0.39 is 11.9 Å². The Balaban J connectivity index is 2.17. The lowest BCUT2D eigenvalue weighted by Gasteiger charge is -2.10. The van der Waals surface area contributed by atoms with Crippen LogP contribution in [-0.2, 0) is 16.0 Å². The molecule has 0 unspecified atom stereocenters. The number of ether oxygens (including phenoxy) is 2. The maximum absolute atomic E-state index is 12.3. The van der Waals surface area contributed by atoms with Gasteiger partial charge in [-0.2, -0.15) is 0 Å². The summed E-state index contributed by atoms with van der Waals surface area (Å²) in [6.45, 7) is 0. The summed E-state index contributed by atoms with van der Waals surface area (Å²) < 4.78 is 9.71. The first kappa shape index (κ1) is 18.9. The van der Waals surface area contributed by atoms with Gasteiger partial charge in [0.2, 0.25) is 0 Å². The Morgan fingerprint density at radius 2 is 1.65 bits per heavy atom. The molecule has 134 valence electrons. The molecule has 0 spiro atoms. The van der Waals surface area contributed by atoms with E-state index >= 15 is 0 Å². The molecule has 0 bridgehead atoms. The Morgan fingerprint density at radius 1 is 1.00 bits per heavy atom. The lowest BCUT2D eigenvalue weighted by molar-refractivity contribution is -0.304. The molecular weight excluding hydrogens is 336 g/mol. The van der Waals surface area contributed by atoms with Crippen molar-refractivity contribution in [2.45, 2.75) is 6.42 Å². The van der Waals surface area contributed by atoms with E-state index in [0.717, 1.165) is 5.56 Å². The number of carboxylic acid groups (broad SMARTS) is 1. The summed E-state index contributed by atoms with van der Waals surface area (Å²) in [6.07, 6.45) is 2.63. The van der Waals surface area contributed by atoms with Gasteiger partial charge in [0.05, 0.1) is 19.8 Å². The highest BCUT2D eigenvalue weighted by molar-refractivity contribution is 6.07. The molecule has 0 aliphatic rings. The Morgan fingerprint density at radius 3 is 2.23 bits per heavy atom. The van der Waals surface area contributed by atoms with Crippen LogP contribution in [0.1, 0.15) is 31.8 Å². The number of carbonyl (C=O) groups is 3. The number of hydrogen-bond acceptors (Lipinski definition) is 6. The van der Waals surface area contributed by atoms with Crippen molar-refractivity contribution in [3.8, 4) is 5.75 Å². The van der Waals surface area contributed by atoms with Gasteiger partial charge in [0.25, 0.3) is 0 Å². The molecule has 0 saturated carbocycles. The zero-order valence-corrected chi connectivity index (χ0v) is 14.4. The second kappa shape index (κ2) is 8.62. The SMILES string of the molecule is COC(=O)c1ccc(/C=C/C(=O)c2ccc(OC)c(CC(=O)[O-])c2)cc1. The van der Waals surface area contributed by atoms with Gasteiger partial charge in [-0.15, -0.1) is 0 Å². The topological polar surface area (TPSA) is 92.7 Å². The number of ketones is 1. The normalized spacial score (nSPS) is 10.5. The van der Waals surface area contributed by atoms with Crippen LogP contribution in [0, 0.1) is 0 Å². The molecule has 6 heteroatoms. The van der Waals surface area contributed by atoms with E-state index in [0.29, 0.717) is 22.4 Å². The zero-order valence-electron chi connectivity index (χ0n) is 14.4. The average Bonchev–Trinajstić information content (AvgIpc) is 2.65. The van der Waals surface area contributed by atoms with Crippen molar-refractivity contribution in [3.05, 3.63) is 70.8 Å². The molecule has 0 N–H and O–H groups in total. The molecule has 0 aliphatic heterocycles. The van der Waals surface area contributed by atoms with Crippen LogP contribution >= 0.6 is 0 Å². The fraction of sp³-hybridized carbons (Fsp3) is 0.150. The van der Waals surface area contributed by atoms with Crippen molar-refractivity contribution in [2.75, 3.05) is 14.2 Å². The minimum atomic E-state index is -1.26. The summed E-state index contributed by atoms with van der Waals surface area (Å²) in [6, 6.07) is 11.1. The third-order valence-electron chi connectivity index (χ3n) is 3.66. The van der Waals surface area contributed by atoms with Gasteiger partial charge in [-0.05, 0) is 42.0 Å². The largest absolute Gasteiger partial charge is 0.550 e. The summed E-state index contributed by atoms with van der Waals surface area (Å²) in [5, 5.41) is 10.8. The number of carbonyl (C=O) groups excluding carboxylic acids is 3. The molecule has 26 heavy (non-hydrogen) atoms. The molecule has 0 heterocycles. The van der Waals surface area contributed by atoms with Crippen molar-refractivity contribution in [1.29, 1.82) is 0 Å². The van der Waals surface area contributed by atoms with E-state index in [4.69, 9.17) is 4.74 Å². The third-order valence-corrected chi connectivity index (χ3v) is 3.66. The summed E-state index contributed by atoms with van der Waals surface area (Å²) in [5.41, 5.74) is 1.85. The number of hydrogen-bond donors (Lipinski definition) is 0. The van der Waals surface area contributed by atoms with Gasteiger partial charge in [-0.3, -0.25) is 4.79 Å². The van der Waals surface area contributed by atoms with Crippen LogP contribution in [0.5, 0.6) is 5.75 Å². The van der Waals surface area contributed by atoms with E-state index in [2.05, 4.69) is 4.74 Å². The first-order valence-corrected chi connectivity index (χ1v) is 7.72. The number of allylic oxidation sites excluding steroid dienone is 1. The van der Waals surface area contributed by atoms with Crippen molar-refractivity contribution < 1.29 is 29.0 Å². The van der Waals surface area contributed by atoms with Gasteiger partial charge < -0.3 is 19.4 Å². The minimum Gasteiger partial charge on any atom is -0.550 e. The molecule has 0 aromatic heterocycles. The first-order chi connectivity index (χ1) is 12.4. The zero-order chi connectivity index (χ0) is 19.1. The van der Waals surface area contributed by atoms with E-state index in [1.807, 2.05) is 0 Å². The summed E-state index contributed by atoms with van der Waals surface area (Å²) in [5.74, 6) is -1.60. The number of methoxy groups -OCH3 is 2. The second-order valence-electron chi connectivity index (χ2n) is 5.39. The Labute approximate surface area is 150 Å². The van der Waals surface area contributed by atoms with Crippen molar-refractivity contribution in [2.24, 2.45) is 0 Å². The van der Waals surface area contributed by atoms with Gasteiger partial charge in [0.1, 0.15) is 5.75 Å². The number of esters is 1. The molecule has 0 saturated heterocycles.